The van der Waals surface area contributed by atoms with Gasteiger partial charge in [-0.1, -0.05) is 0 Å². The van der Waals surface area contributed by atoms with Crippen molar-refractivity contribution in [1.82, 2.24) is 9.55 Å². The van der Waals surface area contributed by atoms with E-state index < -0.39 is 0 Å². The van der Waals surface area contributed by atoms with E-state index in [-0.39, 0.29) is 18.1 Å². The molecule has 0 aliphatic heterocycles. The third-order valence-corrected chi connectivity index (χ3v) is 1.93. The number of nitrogens with one attached hydrogen (secondary N) is 1. The fourth-order valence-corrected chi connectivity index (χ4v) is 1.25. The van der Waals surface area contributed by atoms with Crippen molar-refractivity contribution in [3.05, 3.63) is 28.7 Å². The zero-order chi connectivity index (χ0) is 8.72. The van der Waals surface area contributed by atoms with Crippen molar-refractivity contribution in [3.8, 4) is 0 Å². The number of nitrogens with two attached hydrogens (primary N) is 1. The van der Waals surface area contributed by atoms with Gasteiger partial charge in [-0.3, -0.25) is 4.57 Å². The Hall–Kier alpha value is -1.42. The number of imidazole rings is 1. The molecule has 1 aromatic heterocycles. The van der Waals surface area contributed by atoms with E-state index in [4.69, 9.17) is 5.73 Å². The summed E-state index contributed by atoms with van der Waals surface area (Å²) in [5.41, 5.74) is 7.74. The molecule has 0 unspecified atom stereocenters. The van der Waals surface area contributed by atoms with Crippen LogP contribution in [0.1, 0.15) is 0 Å². The lowest BCUT2D eigenvalue weighted by molar-refractivity contribution is 0.891. The van der Waals surface area contributed by atoms with Crippen molar-refractivity contribution in [2.75, 3.05) is 5.73 Å². The second kappa shape index (κ2) is 3.14. The minimum Gasteiger partial charge on any atom is -0.399 e. The minimum absolute atomic E-state index is 0. The van der Waals surface area contributed by atoms with Gasteiger partial charge in [0.25, 0.3) is 0 Å². The van der Waals surface area contributed by atoms with Crippen LogP contribution in [0.3, 0.4) is 0 Å². The van der Waals surface area contributed by atoms with Gasteiger partial charge < -0.3 is 10.7 Å². The number of fused-ring (bicyclic) bond motifs is 1. The van der Waals surface area contributed by atoms with E-state index >= 15 is 0 Å². The molecule has 70 valence electrons. The molecule has 0 spiro atoms. The highest BCUT2D eigenvalue weighted by Crippen LogP contribution is 2.12. The van der Waals surface area contributed by atoms with Gasteiger partial charge in [-0.25, -0.2) is 4.79 Å². The summed E-state index contributed by atoms with van der Waals surface area (Å²) in [7, 11) is 1.72. The number of hydrogen-bond acceptors (Lipinski definition) is 2. The maximum atomic E-state index is 11.1. The van der Waals surface area contributed by atoms with Gasteiger partial charge in [0.2, 0.25) is 0 Å². The van der Waals surface area contributed by atoms with E-state index in [1.807, 2.05) is 6.07 Å². The first-order chi connectivity index (χ1) is 5.68. The average Bonchev–Trinajstić information content (AvgIpc) is 2.28. The Morgan fingerprint density at radius 2 is 2.15 bits per heavy atom. The molecule has 0 amide bonds. The molecule has 1 heterocycles. The summed E-state index contributed by atoms with van der Waals surface area (Å²) >= 11 is 0. The lowest BCUT2D eigenvalue weighted by Gasteiger charge is -1.93. The molecule has 0 saturated carbocycles. The lowest BCUT2D eigenvalue weighted by atomic mass is 10.3. The van der Waals surface area contributed by atoms with Gasteiger partial charge in [0, 0.05) is 12.7 Å². The summed E-state index contributed by atoms with van der Waals surface area (Å²) in [5, 5.41) is 0. The molecule has 2 aromatic rings. The third-order valence-electron chi connectivity index (χ3n) is 1.93. The van der Waals surface area contributed by atoms with E-state index in [1.165, 1.54) is 0 Å². The molecule has 0 aliphatic carbocycles. The van der Waals surface area contributed by atoms with Crippen molar-refractivity contribution in [2.24, 2.45) is 7.05 Å². The molecule has 13 heavy (non-hydrogen) atoms. The molecule has 3 N–H and O–H groups in total. The van der Waals surface area contributed by atoms with Gasteiger partial charge in [0.05, 0.1) is 11.0 Å². The average molecular weight is 200 g/mol. The molecule has 0 saturated heterocycles. The highest BCUT2D eigenvalue weighted by Gasteiger charge is 2.01. The van der Waals surface area contributed by atoms with Crippen molar-refractivity contribution in [2.45, 2.75) is 0 Å². The van der Waals surface area contributed by atoms with Crippen LogP contribution in [0.15, 0.2) is 23.0 Å². The Balaban J connectivity index is 0.000000845. The predicted octanol–water partition coefficient (Wildman–Crippen LogP) is 0.871. The maximum absolute atomic E-state index is 11.1. The number of halogens is 1. The zero-order valence-corrected chi connectivity index (χ0v) is 7.89. The number of nitrogen functional groups attached to an aromatic ring is 1. The topological polar surface area (TPSA) is 63.8 Å². The van der Waals surface area contributed by atoms with Gasteiger partial charge in [-0.15, -0.1) is 12.4 Å². The minimum atomic E-state index is -0.115. The lowest BCUT2D eigenvalue weighted by Crippen LogP contribution is -2.11. The van der Waals surface area contributed by atoms with Crippen molar-refractivity contribution in [3.63, 3.8) is 0 Å². The molecule has 0 radical (unpaired) electrons. The number of benzene rings is 1. The number of nitrogens with zero attached hydrogens (tertiary/aromatic N) is 1. The van der Waals surface area contributed by atoms with Crippen LogP contribution >= 0.6 is 12.4 Å². The Bertz CT molecular complexity index is 486. The Morgan fingerprint density at radius 1 is 1.46 bits per heavy atom. The molecule has 2 rings (SSSR count). The van der Waals surface area contributed by atoms with Crippen LogP contribution in [0.2, 0.25) is 0 Å². The van der Waals surface area contributed by atoms with E-state index in [0.717, 1.165) is 11.0 Å². The summed E-state index contributed by atoms with van der Waals surface area (Å²) in [6.45, 7) is 0. The molecule has 5 heteroatoms. The van der Waals surface area contributed by atoms with E-state index in [0.29, 0.717) is 5.69 Å². The van der Waals surface area contributed by atoms with Crippen LogP contribution in [0.25, 0.3) is 11.0 Å². The molecule has 0 fully saturated rings. The first kappa shape index (κ1) is 9.67. The highest BCUT2D eigenvalue weighted by molar-refractivity contribution is 5.85. The molecule has 0 atom stereocenters. The number of aromatic amines is 1. The second-order valence-corrected chi connectivity index (χ2v) is 2.77. The molecule has 0 aliphatic rings. The fourth-order valence-electron chi connectivity index (χ4n) is 1.25. The highest BCUT2D eigenvalue weighted by atomic mass is 35.5. The number of H-pyrrole nitrogens is 1. The molecule has 1 aromatic carbocycles. The van der Waals surface area contributed by atoms with E-state index in [9.17, 15) is 4.79 Å². The van der Waals surface area contributed by atoms with Crippen LogP contribution in [0.5, 0.6) is 0 Å². The number of hydrogen-bond donors (Lipinski definition) is 2. The van der Waals surface area contributed by atoms with E-state index in [1.54, 1.807) is 23.7 Å². The summed E-state index contributed by atoms with van der Waals surface area (Å²) in [6.07, 6.45) is 0. The van der Waals surface area contributed by atoms with Crippen LogP contribution in [0, 0.1) is 0 Å². The summed E-state index contributed by atoms with van der Waals surface area (Å²) < 4.78 is 1.55. The molecule has 0 bridgehead atoms. The Labute approximate surface area is 80.8 Å². The van der Waals surface area contributed by atoms with Crippen LogP contribution < -0.4 is 11.4 Å². The van der Waals surface area contributed by atoms with Gasteiger partial charge in [0.15, 0.2) is 0 Å². The van der Waals surface area contributed by atoms with E-state index in [2.05, 4.69) is 4.98 Å². The Kier molecular flexibility index (Phi) is 2.34. The zero-order valence-electron chi connectivity index (χ0n) is 7.07. The van der Waals surface area contributed by atoms with Gasteiger partial charge in [-0.2, -0.15) is 0 Å². The first-order valence-corrected chi connectivity index (χ1v) is 3.63. The van der Waals surface area contributed by atoms with Crippen LogP contribution in [0.4, 0.5) is 5.69 Å². The van der Waals surface area contributed by atoms with Gasteiger partial charge in [0.1, 0.15) is 0 Å². The number of aromatic nitrogens is 2. The second-order valence-electron chi connectivity index (χ2n) is 2.77. The van der Waals surface area contributed by atoms with Crippen molar-refractivity contribution in [1.29, 1.82) is 0 Å². The van der Waals surface area contributed by atoms with Crippen LogP contribution in [-0.4, -0.2) is 9.55 Å². The van der Waals surface area contributed by atoms with Gasteiger partial charge >= 0.3 is 5.69 Å². The summed E-state index contributed by atoms with van der Waals surface area (Å²) in [6, 6.07) is 5.34. The SMILES string of the molecule is Cl.Cn1c(=O)[nH]c2cc(N)ccc21. The largest absolute Gasteiger partial charge is 0.399 e. The van der Waals surface area contributed by atoms with Crippen molar-refractivity contribution >= 4 is 29.1 Å². The first-order valence-electron chi connectivity index (χ1n) is 3.63. The number of anilines is 1. The smallest absolute Gasteiger partial charge is 0.326 e. The Morgan fingerprint density at radius 3 is 2.85 bits per heavy atom. The quantitative estimate of drug-likeness (QED) is 0.619. The third kappa shape index (κ3) is 1.40. The molecular weight excluding hydrogens is 190 g/mol. The van der Waals surface area contributed by atoms with Crippen LogP contribution in [-0.2, 0) is 7.05 Å². The maximum Gasteiger partial charge on any atom is 0.326 e. The summed E-state index contributed by atoms with van der Waals surface area (Å²) in [4.78, 5) is 13.8. The monoisotopic (exact) mass is 199 g/mol. The summed E-state index contributed by atoms with van der Waals surface area (Å²) in [5.74, 6) is 0. The molecule has 4 nitrogen and oxygen atoms in total. The number of rotatable bonds is 0. The van der Waals surface area contributed by atoms with Gasteiger partial charge in [-0.05, 0) is 18.2 Å². The standard InChI is InChI=1S/C8H9N3O.ClH/c1-11-7-3-2-5(9)4-6(7)10-8(11)12;/h2-4H,9H2,1H3,(H,10,12);1H. The van der Waals surface area contributed by atoms with Crippen molar-refractivity contribution < 1.29 is 0 Å². The molecular formula is C8H10ClN3O. The number of aryl methyl sites for hydroxylation is 1. The fraction of sp³-hybridized carbons (Fsp3) is 0.125. The predicted molar refractivity (Wildman–Crippen MR) is 55.2 cm³/mol. The normalized spacial score (nSPS) is 9.92.